The molecule has 5 nitrogen and oxygen atoms in total. The normalized spacial score (nSPS) is 10.6. The van der Waals surface area contributed by atoms with E-state index in [4.69, 9.17) is 11.6 Å². The predicted octanol–water partition coefficient (Wildman–Crippen LogP) is 3.85. The van der Waals surface area contributed by atoms with Crippen molar-refractivity contribution in [1.82, 2.24) is 10.3 Å². The van der Waals surface area contributed by atoms with Crippen molar-refractivity contribution in [3.8, 4) is 0 Å². The Morgan fingerprint density at radius 1 is 1.16 bits per heavy atom. The molecule has 0 spiro atoms. The molecule has 0 saturated heterocycles. The van der Waals surface area contributed by atoms with E-state index in [0.717, 1.165) is 4.70 Å². The average molecular weight is 378 g/mol. The number of anilines is 1. The van der Waals surface area contributed by atoms with Crippen LogP contribution < -0.4 is 10.6 Å². The molecular formula is C17H13ClFN3O2S. The molecule has 0 radical (unpaired) electrons. The first kappa shape index (κ1) is 17.3. The molecule has 0 saturated carbocycles. The van der Waals surface area contributed by atoms with E-state index >= 15 is 0 Å². The van der Waals surface area contributed by atoms with Gasteiger partial charge < -0.3 is 10.6 Å². The number of amides is 2. The van der Waals surface area contributed by atoms with Crippen molar-refractivity contribution >= 4 is 50.7 Å². The third-order valence-corrected chi connectivity index (χ3v) is 4.53. The summed E-state index contributed by atoms with van der Waals surface area (Å²) in [5.74, 6) is -0.933. The van der Waals surface area contributed by atoms with Gasteiger partial charge in [-0.2, -0.15) is 0 Å². The highest BCUT2D eigenvalue weighted by molar-refractivity contribution is 7.22. The first-order valence-corrected chi connectivity index (χ1v) is 8.60. The van der Waals surface area contributed by atoms with Crippen molar-refractivity contribution < 1.29 is 14.0 Å². The second-order valence-corrected chi connectivity index (χ2v) is 6.82. The second kappa shape index (κ2) is 7.58. The van der Waals surface area contributed by atoms with E-state index in [2.05, 4.69) is 15.6 Å². The molecule has 0 aliphatic heterocycles. The van der Waals surface area contributed by atoms with Crippen LogP contribution in [0.5, 0.6) is 0 Å². The summed E-state index contributed by atoms with van der Waals surface area (Å²) in [5, 5.41) is 5.31. The third-order valence-electron chi connectivity index (χ3n) is 3.39. The maximum atomic E-state index is 12.8. The molecule has 8 heteroatoms. The van der Waals surface area contributed by atoms with Gasteiger partial charge in [0.1, 0.15) is 5.82 Å². The fraction of sp³-hybridized carbons (Fsp3) is 0.118. The number of aromatic nitrogens is 1. The zero-order valence-electron chi connectivity index (χ0n) is 12.9. The van der Waals surface area contributed by atoms with Crippen molar-refractivity contribution in [3.63, 3.8) is 0 Å². The molecule has 25 heavy (non-hydrogen) atoms. The lowest BCUT2D eigenvalue weighted by atomic mass is 10.2. The summed E-state index contributed by atoms with van der Waals surface area (Å²) in [5.41, 5.74) is 1.62. The molecule has 0 aliphatic rings. The van der Waals surface area contributed by atoms with Crippen LogP contribution in [0.3, 0.4) is 0 Å². The quantitative estimate of drug-likeness (QED) is 0.709. The smallest absolute Gasteiger partial charge is 0.251 e. The van der Waals surface area contributed by atoms with E-state index in [1.807, 2.05) is 0 Å². The van der Waals surface area contributed by atoms with Gasteiger partial charge >= 0.3 is 0 Å². The molecule has 3 rings (SSSR count). The summed E-state index contributed by atoms with van der Waals surface area (Å²) in [7, 11) is 0. The van der Waals surface area contributed by atoms with Crippen LogP contribution in [-0.4, -0.2) is 23.3 Å². The molecule has 0 aliphatic carbocycles. The van der Waals surface area contributed by atoms with Crippen LogP contribution in [0.1, 0.15) is 16.8 Å². The van der Waals surface area contributed by atoms with E-state index in [1.165, 1.54) is 35.6 Å². The first-order valence-electron chi connectivity index (χ1n) is 7.41. The topological polar surface area (TPSA) is 71.1 Å². The Hall–Kier alpha value is -2.51. The highest BCUT2D eigenvalue weighted by atomic mass is 35.5. The van der Waals surface area contributed by atoms with Gasteiger partial charge in [0, 0.05) is 24.2 Å². The van der Waals surface area contributed by atoms with Gasteiger partial charge in [0.2, 0.25) is 5.91 Å². The molecule has 0 unspecified atom stereocenters. The molecular weight excluding hydrogens is 365 g/mol. The van der Waals surface area contributed by atoms with Gasteiger partial charge in [-0.05, 0) is 42.5 Å². The Kier molecular flexibility index (Phi) is 5.25. The second-order valence-electron chi connectivity index (χ2n) is 5.21. The van der Waals surface area contributed by atoms with E-state index in [1.54, 1.807) is 18.2 Å². The molecule has 1 heterocycles. The molecule has 0 bridgehead atoms. The van der Waals surface area contributed by atoms with Crippen LogP contribution in [0, 0.1) is 5.82 Å². The number of benzene rings is 2. The lowest BCUT2D eigenvalue weighted by Gasteiger charge is -2.07. The van der Waals surface area contributed by atoms with Crippen molar-refractivity contribution in [3.05, 3.63) is 58.3 Å². The number of hydrogen-bond acceptors (Lipinski definition) is 4. The minimum absolute atomic E-state index is 0.105. The van der Waals surface area contributed by atoms with Crippen LogP contribution in [0.2, 0.25) is 4.47 Å². The third kappa shape index (κ3) is 4.52. The summed E-state index contributed by atoms with van der Waals surface area (Å²) in [4.78, 5) is 28.1. The Bertz CT molecular complexity index is 927. The molecule has 2 N–H and O–H groups in total. The maximum Gasteiger partial charge on any atom is 0.251 e. The van der Waals surface area contributed by atoms with Gasteiger partial charge in [-0.3, -0.25) is 9.59 Å². The Balaban J connectivity index is 1.51. The van der Waals surface area contributed by atoms with Crippen LogP contribution >= 0.6 is 22.9 Å². The Morgan fingerprint density at radius 3 is 2.68 bits per heavy atom. The molecule has 2 amide bonds. The molecule has 3 aromatic rings. The summed E-state index contributed by atoms with van der Waals surface area (Å²) in [6.45, 7) is 0.182. The van der Waals surface area contributed by atoms with Crippen LogP contribution in [0.15, 0.2) is 42.5 Å². The summed E-state index contributed by atoms with van der Waals surface area (Å²) in [6.07, 6.45) is 0.105. The van der Waals surface area contributed by atoms with Gasteiger partial charge in [-0.25, -0.2) is 9.37 Å². The van der Waals surface area contributed by atoms with Gasteiger partial charge in [-0.1, -0.05) is 11.6 Å². The average Bonchev–Trinajstić information content (AvgIpc) is 2.96. The standard InChI is InChI=1S/C17H13ClFN3O2S/c18-17-22-13-9-10(1-6-14(13)25-17)16(24)20-8-7-15(23)21-12-4-2-11(19)3-5-12/h1-6,9H,7-8H2,(H,20,24)(H,21,23). The fourth-order valence-electron chi connectivity index (χ4n) is 2.19. The van der Waals surface area contributed by atoms with Gasteiger partial charge in [0.15, 0.2) is 4.47 Å². The van der Waals surface area contributed by atoms with Crippen LogP contribution in [0.4, 0.5) is 10.1 Å². The molecule has 0 fully saturated rings. The molecule has 2 aromatic carbocycles. The largest absolute Gasteiger partial charge is 0.352 e. The molecule has 128 valence electrons. The summed E-state index contributed by atoms with van der Waals surface area (Å²) >= 11 is 7.19. The van der Waals surface area contributed by atoms with Crippen molar-refractivity contribution in [1.29, 1.82) is 0 Å². The van der Waals surface area contributed by atoms with Crippen molar-refractivity contribution in [2.75, 3.05) is 11.9 Å². The van der Waals surface area contributed by atoms with E-state index < -0.39 is 0 Å². The minimum Gasteiger partial charge on any atom is -0.352 e. The maximum absolute atomic E-state index is 12.8. The molecule has 0 atom stereocenters. The first-order chi connectivity index (χ1) is 12.0. The Morgan fingerprint density at radius 2 is 1.92 bits per heavy atom. The number of carbonyl (C=O) groups excluding carboxylic acids is 2. The number of rotatable bonds is 5. The van der Waals surface area contributed by atoms with E-state index in [-0.39, 0.29) is 30.6 Å². The van der Waals surface area contributed by atoms with Gasteiger partial charge in [0.05, 0.1) is 10.2 Å². The van der Waals surface area contributed by atoms with Gasteiger partial charge in [-0.15, -0.1) is 11.3 Å². The van der Waals surface area contributed by atoms with Crippen molar-refractivity contribution in [2.24, 2.45) is 0 Å². The zero-order chi connectivity index (χ0) is 17.8. The van der Waals surface area contributed by atoms with E-state index in [9.17, 15) is 14.0 Å². The summed E-state index contributed by atoms with van der Waals surface area (Å²) < 4.78 is 14.1. The number of nitrogens with one attached hydrogen (secondary N) is 2. The van der Waals surface area contributed by atoms with Crippen molar-refractivity contribution in [2.45, 2.75) is 6.42 Å². The SMILES string of the molecule is O=C(CCNC(=O)c1ccc2sc(Cl)nc2c1)Nc1ccc(F)cc1. The Labute approximate surface area is 151 Å². The van der Waals surface area contributed by atoms with E-state index in [0.29, 0.717) is 21.2 Å². The minimum atomic E-state index is -0.372. The number of halogens is 2. The zero-order valence-corrected chi connectivity index (χ0v) is 14.5. The predicted molar refractivity (Wildman–Crippen MR) is 96.6 cm³/mol. The number of hydrogen-bond donors (Lipinski definition) is 2. The monoisotopic (exact) mass is 377 g/mol. The highest BCUT2D eigenvalue weighted by Crippen LogP contribution is 2.26. The number of carbonyl (C=O) groups is 2. The lowest BCUT2D eigenvalue weighted by molar-refractivity contribution is -0.116. The van der Waals surface area contributed by atoms with Gasteiger partial charge in [0.25, 0.3) is 5.91 Å². The summed E-state index contributed by atoms with van der Waals surface area (Å²) in [6, 6.07) is 10.6. The molecule has 1 aromatic heterocycles. The van der Waals surface area contributed by atoms with Crippen LogP contribution in [-0.2, 0) is 4.79 Å². The number of nitrogens with zero attached hydrogens (tertiary/aromatic N) is 1. The lowest BCUT2D eigenvalue weighted by Crippen LogP contribution is -2.27. The highest BCUT2D eigenvalue weighted by Gasteiger charge is 2.10. The van der Waals surface area contributed by atoms with Crippen LogP contribution in [0.25, 0.3) is 10.2 Å². The fourth-order valence-corrected chi connectivity index (χ4v) is 3.20. The number of fused-ring (bicyclic) bond motifs is 1. The number of thiazole rings is 1.